The van der Waals surface area contributed by atoms with Crippen LogP contribution in [0.2, 0.25) is 0 Å². The van der Waals surface area contributed by atoms with Crippen LogP contribution in [0, 0.1) is 0 Å². The first-order valence-corrected chi connectivity index (χ1v) is 46.4. The van der Waals surface area contributed by atoms with Crippen LogP contribution in [0.15, 0.2) is 473 Å². The molecule has 0 saturated heterocycles. The van der Waals surface area contributed by atoms with Crippen molar-refractivity contribution >= 4 is 116 Å². The molecule has 6 heterocycles. The fraction of sp³-hybridized carbons (Fsp3) is 0. The number of rotatable bonds is 14. The molecule has 6 nitrogen and oxygen atoms in total. The van der Waals surface area contributed by atoms with E-state index >= 15 is 0 Å². The number of aromatic nitrogens is 6. The minimum atomic E-state index is 0.722. The van der Waals surface area contributed by atoms with Gasteiger partial charge >= 0.3 is 0 Å². The summed E-state index contributed by atoms with van der Waals surface area (Å²) in [7, 11) is 0. The second-order valence-electron chi connectivity index (χ2n) is 32.8. The van der Waals surface area contributed by atoms with Gasteiger partial charge in [-0.2, -0.15) is 0 Å². The highest BCUT2D eigenvalue weighted by atomic mass is 32.1. The lowest BCUT2D eigenvalue weighted by molar-refractivity contribution is 1.24. The number of fused-ring (bicyclic) bond motifs is 11. The summed E-state index contributed by atoms with van der Waals surface area (Å²) in [4.78, 5) is 31.6. The van der Waals surface area contributed by atoms with Crippen molar-refractivity contribution in [2.45, 2.75) is 0 Å². The summed E-state index contributed by atoms with van der Waals surface area (Å²) in [6, 6.07) is 167. The number of hydrogen-bond acceptors (Lipinski definition) is 9. The standard InChI is InChI=1S/C46H30N2S.C42H26N2S.C34H22N2S/c1-4-12-31(13-5-1)33-20-24-35(25-21-33)38-28-39(36-26-22-34(23-27-36)32-14-6-2-7-15-32)30-40(29-38)46-47-43(37-16-8-3-9-17-37)45-44(48-46)41-18-10-11-19-42(41)49-45;1-2-12-29(13-3-1)39-41-40(37-16-8-9-17-38(37)45-41)44-42(43-39)36-25-34(32-20-18-27-10-4-6-14-30(27)22-32)24-35(26-36)33-21-19-28-11-5-7-15-31(28)23-33;1-4-12-23(13-5-1)26-20-27(24-14-6-2-7-15-24)22-28(21-26)34-35-31(25-16-8-3-9-17-25)33-32(36-34)29-18-10-11-19-30(29)37-33/h1-30H;1-26H;1-22H. The molecule has 614 valence electrons. The maximum Gasteiger partial charge on any atom is 0.160 e. The Morgan fingerprint density at radius 3 is 0.611 bits per heavy atom. The van der Waals surface area contributed by atoms with Gasteiger partial charge in [-0.25, -0.2) is 29.9 Å². The molecular formula is C122H78N6S3. The third kappa shape index (κ3) is 16.1. The second-order valence-corrected chi connectivity index (χ2v) is 35.9. The minimum Gasteiger partial charge on any atom is -0.226 e. The van der Waals surface area contributed by atoms with Crippen molar-refractivity contribution in [1.29, 1.82) is 0 Å². The third-order valence-electron chi connectivity index (χ3n) is 24.4. The summed E-state index contributed by atoms with van der Waals surface area (Å²) in [5.41, 5.74) is 30.8. The quantitative estimate of drug-likeness (QED) is 0.108. The normalized spacial score (nSPS) is 11.4. The van der Waals surface area contributed by atoms with Crippen LogP contribution in [0.5, 0.6) is 0 Å². The van der Waals surface area contributed by atoms with Crippen molar-refractivity contribution in [2.75, 3.05) is 0 Å². The molecule has 9 heteroatoms. The van der Waals surface area contributed by atoms with Crippen LogP contribution in [0.25, 0.3) is 239 Å². The Kier molecular flexibility index (Phi) is 21.2. The van der Waals surface area contributed by atoms with Crippen molar-refractivity contribution in [3.63, 3.8) is 0 Å². The van der Waals surface area contributed by atoms with Gasteiger partial charge in [-0.05, 0) is 195 Å². The Balaban J connectivity index is 0.000000113. The first-order valence-electron chi connectivity index (χ1n) is 44.0. The van der Waals surface area contributed by atoms with E-state index < -0.39 is 0 Å². The van der Waals surface area contributed by atoms with E-state index in [0.717, 1.165) is 148 Å². The Labute approximate surface area is 770 Å². The lowest BCUT2D eigenvalue weighted by Crippen LogP contribution is -1.95. The van der Waals surface area contributed by atoms with Crippen LogP contribution in [-0.4, -0.2) is 29.9 Å². The van der Waals surface area contributed by atoms with Crippen LogP contribution in [0.3, 0.4) is 0 Å². The lowest BCUT2D eigenvalue weighted by Gasteiger charge is -2.13. The van der Waals surface area contributed by atoms with Crippen molar-refractivity contribution in [2.24, 2.45) is 0 Å². The number of thiophene rings is 3. The molecule has 25 rings (SSSR count). The van der Waals surface area contributed by atoms with E-state index in [9.17, 15) is 0 Å². The van der Waals surface area contributed by atoms with Gasteiger partial charge in [0.15, 0.2) is 17.5 Å². The minimum absolute atomic E-state index is 0.722. The molecule has 25 aromatic rings. The van der Waals surface area contributed by atoms with E-state index in [1.807, 2.05) is 6.07 Å². The summed E-state index contributed by atoms with van der Waals surface area (Å²) >= 11 is 5.29. The Morgan fingerprint density at radius 1 is 0.130 bits per heavy atom. The van der Waals surface area contributed by atoms with Gasteiger partial charge in [-0.3, -0.25) is 0 Å². The van der Waals surface area contributed by atoms with Crippen LogP contribution in [-0.2, 0) is 0 Å². The first-order chi connectivity index (χ1) is 64.9. The van der Waals surface area contributed by atoms with Gasteiger partial charge in [0.1, 0.15) is 0 Å². The maximum atomic E-state index is 5.31. The fourth-order valence-corrected chi connectivity index (χ4v) is 21.2. The van der Waals surface area contributed by atoms with E-state index in [1.165, 1.54) is 90.9 Å². The van der Waals surface area contributed by atoms with Crippen LogP contribution in [0.1, 0.15) is 0 Å². The van der Waals surface area contributed by atoms with Gasteiger partial charge < -0.3 is 0 Å². The van der Waals surface area contributed by atoms with Gasteiger partial charge in [-0.1, -0.05) is 388 Å². The Morgan fingerprint density at radius 2 is 0.328 bits per heavy atom. The van der Waals surface area contributed by atoms with Crippen LogP contribution in [0.4, 0.5) is 0 Å². The van der Waals surface area contributed by atoms with Crippen LogP contribution >= 0.6 is 34.0 Å². The molecule has 0 saturated carbocycles. The summed E-state index contributed by atoms with van der Waals surface area (Å²) in [5.74, 6) is 2.19. The zero-order chi connectivity index (χ0) is 86.9. The highest BCUT2D eigenvalue weighted by Crippen LogP contribution is 2.46. The van der Waals surface area contributed by atoms with E-state index in [2.05, 4.69) is 467 Å². The monoisotopic (exact) mass is 1720 g/mol. The smallest absolute Gasteiger partial charge is 0.160 e. The van der Waals surface area contributed by atoms with E-state index in [-0.39, 0.29) is 0 Å². The molecule has 0 aliphatic heterocycles. The van der Waals surface area contributed by atoms with Crippen molar-refractivity contribution in [1.82, 2.24) is 29.9 Å². The molecule has 131 heavy (non-hydrogen) atoms. The van der Waals surface area contributed by atoms with Gasteiger partial charge in [0.05, 0.1) is 47.7 Å². The summed E-state index contributed by atoms with van der Waals surface area (Å²) in [5, 5.41) is 8.41. The lowest BCUT2D eigenvalue weighted by atomic mass is 9.93. The van der Waals surface area contributed by atoms with E-state index in [4.69, 9.17) is 29.9 Å². The molecule has 0 spiro atoms. The first kappa shape index (κ1) is 79.3. The maximum absolute atomic E-state index is 5.31. The SMILES string of the molecule is c1ccc(-c2cc(-c3ccccc3)cc(-c3nc(-c4ccccc4)c4sc5ccccc5c4n3)c2)cc1.c1ccc(-c2ccc(-c3cc(-c4ccc(-c5ccccc5)cc4)cc(-c4nc(-c5ccccc5)c5sc6ccccc6c5n4)c3)cc2)cc1.c1ccc(-c2nc(-c3cc(-c4ccc5ccccc5c4)cc(-c4ccc5ccccc5c4)c3)nc3c2sc2ccccc23)cc1. The Hall–Kier alpha value is -16.4. The fourth-order valence-electron chi connectivity index (χ4n) is 17.8. The zero-order valence-electron chi connectivity index (χ0n) is 70.9. The molecule has 0 amide bonds. The Bertz CT molecular complexity index is 8290. The molecule has 0 N–H and O–H groups in total. The zero-order valence-corrected chi connectivity index (χ0v) is 73.4. The number of benzene rings is 19. The van der Waals surface area contributed by atoms with Crippen molar-refractivity contribution in [3.05, 3.63) is 473 Å². The summed E-state index contributed by atoms with van der Waals surface area (Å²) in [6.45, 7) is 0. The van der Waals surface area contributed by atoms with Gasteiger partial charge in [0.2, 0.25) is 0 Å². The average molecular weight is 1720 g/mol. The molecular weight excluding hydrogens is 1650 g/mol. The predicted octanol–water partition coefficient (Wildman–Crippen LogP) is 34.2. The van der Waals surface area contributed by atoms with Crippen LogP contribution < -0.4 is 0 Å². The summed E-state index contributed by atoms with van der Waals surface area (Å²) in [6.07, 6.45) is 0. The van der Waals surface area contributed by atoms with E-state index in [1.54, 1.807) is 34.0 Å². The molecule has 0 fully saturated rings. The topological polar surface area (TPSA) is 77.3 Å². The predicted molar refractivity (Wildman–Crippen MR) is 556 cm³/mol. The second kappa shape index (κ2) is 35.1. The molecule has 0 bridgehead atoms. The number of nitrogens with zero attached hydrogens (tertiary/aromatic N) is 6. The van der Waals surface area contributed by atoms with E-state index in [0.29, 0.717) is 0 Å². The third-order valence-corrected chi connectivity index (χ3v) is 27.9. The van der Waals surface area contributed by atoms with Crippen molar-refractivity contribution in [3.8, 4) is 157 Å². The summed E-state index contributed by atoms with van der Waals surface area (Å²) < 4.78 is 7.01. The number of hydrogen-bond donors (Lipinski definition) is 0. The molecule has 19 aromatic carbocycles. The highest BCUT2D eigenvalue weighted by molar-refractivity contribution is 7.27. The largest absolute Gasteiger partial charge is 0.226 e. The molecule has 0 radical (unpaired) electrons. The highest BCUT2D eigenvalue weighted by Gasteiger charge is 2.24. The van der Waals surface area contributed by atoms with Gasteiger partial charge in [-0.15, -0.1) is 34.0 Å². The van der Waals surface area contributed by atoms with Gasteiger partial charge in [0.25, 0.3) is 0 Å². The molecule has 6 aromatic heterocycles. The molecule has 0 unspecified atom stereocenters. The average Bonchev–Trinajstić information content (AvgIpc) is 1.63. The van der Waals surface area contributed by atoms with Gasteiger partial charge in [0, 0.05) is 63.6 Å². The molecule has 0 aliphatic rings. The molecule has 0 aliphatic carbocycles. The van der Waals surface area contributed by atoms with Crippen molar-refractivity contribution < 1.29 is 0 Å². The molecule has 0 atom stereocenters.